The van der Waals surface area contributed by atoms with Gasteiger partial charge in [0.1, 0.15) is 0 Å². The number of aliphatic hydroxyl groups is 1. The second-order valence-corrected chi connectivity index (χ2v) is 4.97. The number of aliphatic hydroxyl groups excluding tert-OH is 1. The fourth-order valence-corrected chi connectivity index (χ4v) is 2.90. The third-order valence-electron chi connectivity index (χ3n) is 3.82. The van der Waals surface area contributed by atoms with E-state index in [4.69, 9.17) is 5.11 Å². The van der Waals surface area contributed by atoms with Gasteiger partial charge in [-0.15, -0.1) is 0 Å². The Kier molecular flexibility index (Phi) is 3.22. The molecule has 1 aromatic carbocycles. The average Bonchev–Trinajstić information content (AvgIpc) is 3.02. The van der Waals surface area contributed by atoms with Crippen molar-refractivity contribution in [1.82, 2.24) is 0 Å². The molecule has 2 aliphatic rings. The minimum atomic E-state index is 0.228. The van der Waals surface area contributed by atoms with Crippen LogP contribution in [0.25, 0.3) is 11.6 Å². The van der Waals surface area contributed by atoms with Crippen LogP contribution in [0.3, 0.4) is 0 Å². The summed E-state index contributed by atoms with van der Waals surface area (Å²) in [6.45, 7) is 2.33. The zero-order valence-electron chi connectivity index (χ0n) is 11.2. The molecule has 0 saturated carbocycles. The minimum Gasteiger partial charge on any atom is -0.396 e. The molecule has 0 bridgehead atoms. The molecule has 0 aromatic heterocycles. The van der Waals surface area contributed by atoms with Gasteiger partial charge in [-0.1, -0.05) is 42.5 Å². The zero-order valence-corrected chi connectivity index (χ0v) is 11.2. The Morgan fingerprint density at radius 3 is 2.84 bits per heavy atom. The van der Waals surface area contributed by atoms with Crippen molar-refractivity contribution in [2.75, 3.05) is 6.61 Å². The van der Waals surface area contributed by atoms with Gasteiger partial charge in [0.25, 0.3) is 0 Å². The summed E-state index contributed by atoms with van der Waals surface area (Å²) in [7, 11) is 0. The van der Waals surface area contributed by atoms with Gasteiger partial charge in [0.05, 0.1) is 0 Å². The quantitative estimate of drug-likeness (QED) is 0.855. The van der Waals surface area contributed by atoms with Gasteiger partial charge in [0.2, 0.25) is 0 Å². The first kappa shape index (κ1) is 12.2. The molecule has 0 spiro atoms. The average molecular weight is 250 g/mol. The summed E-state index contributed by atoms with van der Waals surface area (Å²) in [5, 5.41) is 9.02. The Morgan fingerprint density at radius 2 is 2.05 bits per heavy atom. The summed E-state index contributed by atoms with van der Waals surface area (Å²) in [4.78, 5) is 0. The third kappa shape index (κ3) is 2.11. The second kappa shape index (κ2) is 5.02. The molecule has 96 valence electrons. The van der Waals surface area contributed by atoms with E-state index in [1.54, 1.807) is 0 Å². The zero-order chi connectivity index (χ0) is 13.2. The molecule has 1 N–H and O–H groups in total. The first-order chi connectivity index (χ1) is 9.33. The predicted molar refractivity (Wildman–Crippen MR) is 80.6 cm³/mol. The van der Waals surface area contributed by atoms with Crippen LogP contribution in [0, 0.1) is 0 Å². The highest BCUT2D eigenvalue weighted by Gasteiger charge is 2.21. The molecule has 2 aliphatic carbocycles. The summed E-state index contributed by atoms with van der Waals surface area (Å²) in [5.41, 5.74) is 7.93. The van der Waals surface area contributed by atoms with Crippen LogP contribution >= 0.6 is 0 Å². The van der Waals surface area contributed by atoms with E-state index in [9.17, 15) is 0 Å². The lowest BCUT2D eigenvalue weighted by Gasteiger charge is -2.07. The lowest BCUT2D eigenvalue weighted by atomic mass is 9.96. The van der Waals surface area contributed by atoms with Crippen LogP contribution in [-0.2, 0) is 0 Å². The molecule has 1 heteroatoms. The molecule has 0 aliphatic heterocycles. The smallest absolute Gasteiger partial charge is 0.0471 e. The molecule has 0 unspecified atom stereocenters. The molecule has 1 nitrogen and oxygen atoms in total. The maximum Gasteiger partial charge on any atom is 0.0471 e. The van der Waals surface area contributed by atoms with Crippen molar-refractivity contribution in [2.45, 2.75) is 19.8 Å². The van der Waals surface area contributed by atoms with Crippen molar-refractivity contribution in [3.05, 3.63) is 70.3 Å². The largest absolute Gasteiger partial charge is 0.396 e. The van der Waals surface area contributed by atoms with Gasteiger partial charge in [0.15, 0.2) is 0 Å². The monoisotopic (exact) mass is 250 g/mol. The number of hydrogen-bond acceptors (Lipinski definition) is 1. The van der Waals surface area contributed by atoms with Gasteiger partial charge in [-0.05, 0) is 59.3 Å². The van der Waals surface area contributed by atoms with Crippen molar-refractivity contribution in [2.24, 2.45) is 0 Å². The summed E-state index contributed by atoms with van der Waals surface area (Å²) in [6, 6.07) is 8.54. The molecule has 1 aromatic rings. The van der Waals surface area contributed by atoms with E-state index >= 15 is 0 Å². The highest BCUT2D eigenvalue weighted by Crippen LogP contribution is 2.41. The molecule has 19 heavy (non-hydrogen) atoms. The number of hydrogen-bond donors (Lipinski definition) is 1. The van der Waals surface area contributed by atoms with E-state index in [-0.39, 0.29) is 6.61 Å². The summed E-state index contributed by atoms with van der Waals surface area (Å²) in [5.74, 6) is 0. The minimum absolute atomic E-state index is 0.228. The van der Waals surface area contributed by atoms with Crippen molar-refractivity contribution in [1.29, 1.82) is 0 Å². The second-order valence-electron chi connectivity index (χ2n) is 4.97. The first-order valence-electron chi connectivity index (χ1n) is 6.82. The molecule has 0 atom stereocenters. The fraction of sp³-hybridized carbons (Fsp3) is 0.222. The Hall–Kier alpha value is -1.86. The third-order valence-corrected chi connectivity index (χ3v) is 3.82. The fourth-order valence-electron chi connectivity index (χ4n) is 2.90. The van der Waals surface area contributed by atoms with Gasteiger partial charge >= 0.3 is 0 Å². The number of fused-ring (bicyclic) bond motifs is 1. The van der Waals surface area contributed by atoms with E-state index < -0.39 is 0 Å². The van der Waals surface area contributed by atoms with Crippen molar-refractivity contribution >= 4 is 11.6 Å². The van der Waals surface area contributed by atoms with Gasteiger partial charge in [-0.2, -0.15) is 0 Å². The number of allylic oxidation sites excluding steroid dienone is 6. The summed E-state index contributed by atoms with van der Waals surface area (Å²) in [6.07, 6.45) is 10.7. The van der Waals surface area contributed by atoms with Crippen LogP contribution in [0.2, 0.25) is 0 Å². The number of benzene rings is 1. The van der Waals surface area contributed by atoms with Crippen LogP contribution in [-0.4, -0.2) is 11.7 Å². The molecule has 0 heterocycles. The Morgan fingerprint density at radius 1 is 1.21 bits per heavy atom. The first-order valence-corrected chi connectivity index (χ1v) is 6.82. The maximum atomic E-state index is 9.02. The van der Waals surface area contributed by atoms with Gasteiger partial charge in [0, 0.05) is 6.61 Å². The van der Waals surface area contributed by atoms with E-state index in [1.807, 2.05) is 0 Å². The molecule has 0 amide bonds. The van der Waals surface area contributed by atoms with Crippen LogP contribution in [0.1, 0.15) is 30.9 Å². The molecule has 0 saturated heterocycles. The van der Waals surface area contributed by atoms with Gasteiger partial charge < -0.3 is 5.11 Å². The topological polar surface area (TPSA) is 20.2 Å². The van der Waals surface area contributed by atoms with Crippen LogP contribution in [0.4, 0.5) is 0 Å². The van der Waals surface area contributed by atoms with Crippen molar-refractivity contribution in [3.63, 3.8) is 0 Å². The van der Waals surface area contributed by atoms with Crippen LogP contribution < -0.4 is 0 Å². The molecule has 0 fully saturated rings. The summed E-state index contributed by atoms with van der Waals surface area (Å²) >= 11 is 0. The molecule has 0 radical (unpaired) electrons. The molecular formula is C18H18O. The van der Waals surface area contributed by atoms with Crippen LogP contribution in [0.15, 0.2) is 59.2 Å². The SMILES string of the molecule is CC=C1C(C2=CC(CCO)=CC2)=Cc2ccccc21. The van der Waals surface area contributed by atoms with E-state index in [0.717, 1.165) is 12.8 Å². The van der Waals surface area contributed by atoms with Crippen molar-refractivity contribution < 1.29 is 5.11 Å². The maximum absolute atomic E-state index is 9.02. The standard InChI is InChI=1S/C18H18O/c1-2-16-17-6-4-3-5-14(17)12-18(16)15-8-7-13(11-15)9-10-19/h2-7,11-12,19H,8-10H2,1H3. The van der Waals surface area contributed by atoms with E-state index in [1.165, 1.54) is 33.4 Å². The van der Waals surface area contributed by atoms with Crippen LogP contribution in [0.5, 0.6) is 0 Å². The van der Waals surface area contributed by atoms with E-state index in [0.29, 0.717) is 0 Å². The molecular weight excluding hydrogens is 232 g/mol. The lowest BCUT2D eigenvalue weighted by Crippen LogP contribution is -1.88. The highest BCUT2D eigenvalue weighted by molar-refractivity contribution is 5.98. The normalized spacial score (nSPS) is 19.3. The Labute approximate surface area is 114 Å². The van der Waals surface area contributed by atoms with Crippen molar-refractivity contribution in [3.8, 4) is 0 Å². The highest BCUT2D eigenvalue weighted by atomic mass is 16.2. The van der Waals surface area contributed by atoms with Gasteiger partial charge in [-0.25, -0.2) is 0 Å². The van der Waals surface area contributed by atoms with E-state index in [2.05, 4.69) is 55.5 Å². The lowest BCUT2D eigenvalue weighted by molar-refractivity contribution is 0.300. The summed E-state index contributed by atoms with van der Waals surface area (Å²) < 4.78 is 0. The molecule has 3 rings (SSSR count). The predicted octanol–water partition coefficient (Wildman–Crippen LogP) is 4.13. The van der Waals surface area contributed by atoms with Gasteiger partial charge in [-0.3, -0.25) is 0 Å². The Bertz CT molecular complexity index is 627. The number of rotatable bonds is 3. The Balaban J connectivity index is 1.95.